The zero-order valence-corrected chi connectivity index (χ0v) is 15.7. The van der Waals surface area contributed by atoms with E-state index in [4.69, 9.17) is 19.3 Å². The minimum Gasteiger partial charge on any atom is -0.495 e. The molecular formula is C22H22N2O4. The Kier molecular flexibility index (Phi) is 6.30. The van der Waals surface area contributed by atoms with E-state index in [1.807, 2.05) is 31.2 Å². The van der Waals surface area contributed by atoms with Crippen LogP contribution < -0.4 is 0 Å². The van der Waals surface area contributed by atoms with Crippen LogP contribution in [0.3, 0.4) is 0 Å². The molecule has 6 heteroatoms. The lowest BCUT2D eigenvalue weighted by atomic mass is 9.92. The molecule has 3 rings (SSSR count). The van der Waals surface area contributed by atoms with Crippen molar-refractivity contribution in [2.24, 2.45) is 0 Å². The summed E-state index contributed by atoms with van der Waals surface area (Å²) in [7, 11) is 0. The molecule has 1 aliphatic rings. The summed E-state index contributed by atoms with van der Waals surface area (Å²) in [5, 5.41) is 21.7. The van der Waals surface area contributed by atoms with Crippen molar-refractivity contribution in [3.8, 4) is 11.9 Å². The Labute approximate surface area is 164 Å². The zero-order valence-electron chi connectivity index (χ0n) is 15.7. The number of aromatic nitrogens is 1. The number of allylic oxidation sites excluding steroid dienone is 5. The topological polar surface area (TPSA) is 88.5 Å². The number of nitrogens with zero attached hydrogens (tertiary/aromatic N) is 2. The second kappa shape index (κ2) is 9.07. The van der Waals surface area contributed by atoms with Gasteiger partial charge in [0.25, 0.3) is 5.88 Å². The molecule has 1 aliphatic carbocycles. The normalized spacial score (nSPS) is 19.6. The Morgan fingerprint density at radius 2 is 2.18 bits per heavy atom. The maximum atomic E-state index is 9.27. The minimum absolute atomic E-state index is 0.126. The highest BCUT2D eigenvalue weighted by molar-refractivity contribution is 5.71. The Morgan fingerprint density at radius 1 is 1.36 bits per heavy atom. The van der Waals surface area contributed by atoms with E-state index in [0.717, 1.165) is 24.2 Å². The second-order valence-corrected chi connectivity index (χ2v) is 6.61. The van der Waals surface area contributed by atoms with Crippen LogP contribution in [-0.2, 0) is 16.1 Å². The van der Waals surface area contributed by atoms with Crippen LogP contribution in [0.1, 0.15) is 36.7 Å². The number of ether oxygens (including phenoxy) is 2. The molecule has 1 fully saturated rings. The van der Waals surface area contributed by atoms with E-state index in [1.54, 1.807) is 18.2 Å². The third kappa shape index (κ3) is 5.12. The van der Waals surface area contributed by atoms with Gasteiger partial charge in [-0.25, -0.2) is 0 Å². The smallest absolute Gasteiger partial charge is 0.252 e. The maximum absolute atomic E-state index is 9.27. The van der Waals surface area contributed by atoms with Crippen LogP contribution in [-0.4, -0.2) is 22.5 Å². The zero-order chi connectivity index (χ0) is 19.9. The summed E-state index contributed by atoms with van der Waals surface area (Å²) >= 11 is 0. The van der Waals surface area contributed by atoms with Crippen LogP contribution in [0.4, 0.5) is 0 Å². The van der Waals surface area contributed by atoms with E-state index >= 15 is 0 Å². The first-order valence-corrected chi connectivity index (χ1v) is 9.01. The van der Waals surface area contributed by atoms with Crippen molar-refractivity contribution in [2.75, 3.05) is 0 Å². The summed E-state index contributed by atoms with van der Waals surface area (Å²) in [6.45, 7) is 6.12. The Morgan fingerprint density at radius 3 is 2.86 bits per heavy atom. The molecule has 0 saturated heterocycles. The number of hydrogen-bond acceptors (Lipinski definition) is 6. The lowest BCUT2D eigenvalue weighted by Crippen LogP contribution is -2.37. The van der Waals surface area contributed by atoms with Gasteiger partial charge in [-0.2, -0.15) is 5.26 Å². The molecule has 0 spiro atoms. The quantitative estimate of drug-likeness (QED) is 0.538. The molecule has 0 aliphatic heterocycles. The molecule has 1 N–H and O–H groups in total. The van der Waals surface area contributed by atoms with E-state index in [2.05, 4.69) is 17.8 Å². The van der Waals surface area contributed by atoms with Crippen LogP contribution in [0, 0.1) is 11.3 Å². The van der Waals surface area contributed by atoms with Gasteiger partial charge in [-0.15, -0.1) is 0 Å². The molecule has 0 radical (unpaired) electrons. The largest absolute Gasteiger partial charge is 0.495 e. The molecule has 28 heavy (non-hydrogen) atoms. The SMILES string of the molecule is C=C/C(=C\C=C(/C)O[C@H]1C[C@@H](OCc2cccc(C#N)c2)C1)c1cc(O)no1. The van der Waals surface area contributed by atoms with Crippen molar-refractivity contribution in [1.29, 1.82) is 5.26 Å². The van der Waals surface area contributed by atoms with E-state index in [9.17, 15) is 5.11 Å². The molecule has 6 nitrogen and oxygen atoms in total. The van der Waals surface area contributed by atoms with Gasteiger partial charge in [-0.1, -0.05) is 24.8 Å². The van der Waals surface area contributed by atoms with E-state index < -0.39 is 0 Å². The molecular weight excluding hydrogens is 356 g/mol. The van der Waals surface area contributed by atoms with Gasteiger partial charge in [0.15, 0.2) is 5.76 Å². The van der Waals surface area contributed by atoms with Crippen molar-refractivity contribution < 1.29 is 19.1 Å². The lowest BCUT2D eigenvalue weighted by Gasteiger charge is -2.35. The fourth-order valence-electron chi connectivity index (χ4n) is 2.86. The highest BCUT2D eigenvalue weighted by Gasteiger charge is 2.31. The van der Waals surface area contributed by atoms with Gasteiger partial charge >= 0.3 is 0 Å². The van der Waals surface area contributed by atoms with Crippen LogP contribution in [0.25, 0.3) is 5.57 Å². The van der Waals surface area contributed by atoms with E-state index in [-0.39, 0.29) is 18.1 Å². The summed E-state index contributed by atoms with van der Waals surface area (Å²) < 4.78 is 16.8. The highest BCUT2D eigenvalue weighted by atomic mass is 16.5. The molecule has 0 bridgehead atoms. The van der Waals surface area contributed by atoms with Crippen LogP contribution in [0.15, 0.2) is 65.4 Å². The molecule has 1 aromatic carbocycles. The average Bonchev–Trinajstić information content (AvgIpc) is 3.10. The fraction of sp³-hybridized carbons (Fsp3) is 0.273. The first kappa shape index (κ1) is 19.5. The summed E-state index contributed by atoms with van der Waals surface area (Å²) in [6, 6.07) is 11.0. The monoisotopic (exact) mass is 378 g/mol. The lowest BCUT2D eigenvalue weighted by molar-refractivity contribution is -0.0881. The van der Waals surface area contributed by atoms with Gasteiger partial charge in [0.2, 0.25) is 0 Å². The van der Waals surface area contributed by atoms with Crippen molar-refractivity contribution in [1.82, 2.24) is 5.16 Å². The first-order chi connectivity index (χ1) is 13.6. The van der Waals surface area contributed by atoms with Gasteiger partial charge in [0.05, 0.1) is 30.1 Å². The van der Waals surface area contributed by atoms with Crippen molar-refractivity contribution in [3.05, 3.63) is 77.8 Å². The molecule has 0 atom stereocenters. The number of hydrogen-bond donors (Lipinski definition) is 1. The molecule has 144 valence electrons. The van der Waals surface area contributed by atoms with E-state index in [1.165, 1.54) is 6.07 Å². The summed E-state index contributed by atoms with van der Waals surface area (Å²) in [6.07, 6.45) is 7.21. The third-order valence-corrected chi connectivity index (χ3v) is 4.45. The number of benzene rings is 1. The predicted molar refractivity (Wildman–Crippen MR) is 104 cm³/mol. The minimum atomic E-state index is -0.167. The molecule has 1 heterocycles. The molecule has 1 aromatic heterocycles. The number of rotatable bonds is 8. The standard InChI is InChI=1S/C22H22N2O4/c1-3-18(21-12-22(25)24-28-21)8-7-15(2)27-20-10-19(11-20)26-14-17-6-4-5-16(9-17)13-23/h3-9,12,19-20H,1,10-11,14H2,2H3,(H,24,25)/b15-7+,18-8+/t19-,20+. The fourth-order valence-corrected chi connectivity index (χ4v) is 2.86. The van der Waals surface area contributed by atoms with Crippen LogP contribution >= 0.6 is 0 Å². The summed E-state index contributed by atoms with van der Waals surface area (Å²) in [4.78, 5) is 0. The van der Waals surface area contributed by atoms with Crippen LogP contribution in [0.5, 0.6) is 5.88 Å². The Balaban J connectivity index is 1.44. The first-order valence-electron chi connectivity index (χ1n) is 9.01. The van der Waals surface area contributed by atoms with Gasteiger partial charge < -0.3 is 19.1 Å². The van der Waals surface area contributed by atoms with Crippen LogP contribution in [0.2, 0.25) is 0 Å². The molecule has 0 amide bonds. The van der Waals surface area contributed by atoms with Gasteiger partial charge in [-0.05, 0) is 41.9 Å². The molecule has 2 aromatic rings. The van der Waals surface area contributed by atoms with Gasteiger partial charge in [0, 0.05) is 24.5 Å². The summed E-state index contributed by atoms with van der Waals surface area (Å²) in [5.41, 5.74) is 2.34. The molecule has 1 saturated carbocycles. The third-order valence-electron chi connectivity index (χ3n) is 4.45. The van der Waals surface area contributed by atoms with Gasteiger partial charge in [-0.3, -0.25) is 0 Å². The van der Waals surface area contributed by atoms with Crippen molar-refractivity contribution in [3.63, 3.8) is 0 Å². The second-order valence-electron chi connectivity index (χ2n) is 6.61. The predicted octanol–water partition coefficient (Wildman–Crippen LogP) is 4.49. The van der Waals surface area contributed by atoms with E-state index in [0.29, 0.717) is 23.5 Å². The number of aromatic hydroxyl groups is 1. The van der Waals surface area contributed by atoms with Crippen molar-refractivity contribution in [2.45, 2.75) is 38.6 Å². The summed E-state index contributed by atoms with van der Waals surface area (Å²) in [5.74, 6) is 1.04. The highest BCUT2D eigenvalue weighted by Crippen LogP contribution is 2.29. The Hall–Kier alpha value is -3.30. The van der Waals surface area contributed by atoms with Crippen molar-refractivity contribution >= 4 is 5.57 Å². The maximum Gasteiger partial charge on any atom is 0.252 e. The Bertz CT molecular complexity index is 930. The average molecular weight is 378 g/mol. The molecule has 0 unspecified atom stereocenters. The van der Waals surface area contributed by atoms with Gasteiger partial charge in [0.1, 0.15) is 6.10 Å². The number of nitriles is 1.